The Kier molecular flexibility index (Phi) is 2.78. The van der Waals surface area contributed by atoms with Crippen LogP contribution in [0.4, 0.5) is 5.69 Å². The lowest BCUT2D eigenvalue weighted by atomic mass is 10.2. The average molecular weight is 247 g/mol. The average Bonchev–Trinajstić information content (AvgIpc) is 2.99. The van der Waals surface area contributed by atoms with Crippen LogP contribution in [0.25, 0.3) is 10.2 Å². The van der Waals surface area contributed by atoms with E-state index in [4.69, 9.17) is 0 Å². The van der Waals surface area contributed by atoms with E-state index < -0.39 is 0 Å². The number of carbonyl (C=O) groups is 1. The van der Waals surface area contributed by atoms with Gasteiger partial charge in [0, 0.05) is 5.69 Å². The van der Waals surface area contributed by atoms with Crippen LogP contribution in [0.5, 0.6) is 0 Å². The summed E-state index contributed by atoms with van der Waals surface area (Å²) in [6.07, 6.45) is 1.99. The van der Waals surface area contributed by atoms with Crippen LogP contribution in [0.15, 0.2) is 23.7 Å². The molecule has 1 aliphatic rings. The summed E-state index contributed by atoms with van der Waals surface area (Å²) in [5.74, 6) is 0.0529. The van der Waals surface area contributed by atoms with Crippen LogP contribution in [0.3, 0.4) is 0 Å². The van der Waals surface area contributed by atoms with Crippen LogP contribution in [0.1, 0.15) is 12.8 Å². The Morgan fingerprint density at radius 3 is 3.29 bits per heavy atom. The smallest absolute Gasteiger partial charge is 0.241 e. The maximum absolute atomic E-state index is 11.9. The van der Waals surface area contributed by atoms with Crippen molar-refractivity contribution in [3.8, 4) is 0 Å². The van der Waals surface area contributed by atoms with Gasteiger partial charge in [-0.05, 0) is 37.6 Å². The number of nitrogens with zero attached hydrogens (tertiary/aromatic N) is 1. The van der Waals surface area contributed by atoms with Crippen molar-refractivity contribution in [3.63, 3.8) is 0 Å². The van der Waals surface area contributed by atoms with Gasteiger partial charge in [-0.25, -0.2) is 4.98 Å². The molecule has 1 aromatic heterocycles. The zero-order chi connectivity index (χ0) is 11.7. The summed E-state index contributed by atoms with van der Waals surface area (Å²) < 4.78 is 1.14. The van der Waals surface area contributed by atoms with Crippen molar-refractivity contribution < 1.29 is 4.79 Å². The molecule has 5 heteroatoms. The first-order valence-electron chi connectivity index (χ1n) is 5.70. The van der Waals surface area contributed by atoms with Gasteiger partial charge in [0.1, 0.15) is 0 Å². The molecule has 2 heterocycles. The monoisotopic (exact) mass is 247 g/mol. The SMILES string of the molecule is O=C(Nc1ccc2scnc2c1)C1CCCN1. The van der Waals surface area contributed by atoms with Gasteiger partial charge in [0.05, 0.1) is 21.8 Å². The number of benzene rings is 1. The third-order valence-corrected chi connectivity index (χ3v) is 3.78. The van der Waals surface area contributed by atoms with Crippen molar-refractivity contribution in [1.29, 1.82) is 0 Å². The number of carbonyl (C=O) groups excluding carboxylic acids is 1. The Morgan fingerprint density at radius 1 is 1.53 bits per heavy atom. The van der Waals surface area contributed by atoms with Gasteiger partial charge in [-0.1, -0.05) is 0 Å². The lowest BCUT2D eigenvalue weighted by Gasteiger charge is -2.10. The molecule has 2 N–H and O–H groups in total. The highest BCUT2D eigenvalue weighted by atomic mass is 32.1. The topological polar surface area (TPSA) is 54.0 Å². The molecule has 17 heavy (non-hydrogen) atoms. The van der Waals surface area contributed by atoms with Crippen LogP contribution in [0, 0.1) is 0 Å². The summed E-state index contributed by atoms with van der Waals surface area (Å²) in [5, 5.41) is 6.11. The van der Waals surface area contributed by atoms with E-state index in [0.29, 0.717) is 0 Å². The second-order valence-electron chi connectivity index (χ2n) is 4.17. The van der Waals surface area contributed by atoms with E-state index in [9.17, 15) is 4.79 Å². The molecule has 1 aromatic carbocycles. The molecule has 1 unspecified atom stereocenters. The Balaban J connectivity index is 1.77. The van der Waals surface area contributed by atoms with Crippen LogP contribution < -0.4 is 10.6 Å². The second-order valence-corrected chi connectivity index (χ2v) is 5.06. The van der Waals surface area contributed by atoms with Gasteiger partial charge in [-0.2, -0.15) is 0 Å². The molecule has 4 nitrogen and oxygen atoms in total. The van der Waals surface area contributed by atoms with Crippen molar-refractivity contribution in [2.45, 2.75) is 18.9 Å². The Labute approximate surface area is 103 Å². The number of hydrogen-bond donors (Lipinski definition) is 2. The van der Waals surface area contributed by atoms with Gasteiger partial charge < -0.3 is 10.6 Å². The van der Waals surface area contributed by atoms with Crippen molar-refractivity contribution in [2.75, 3.05) is 11.9 Å². The van der Waals surface area contributed by atoms with Crippen molar-refractivity contribution in [2.24, 2.45) is 0 Å². The Hall–Kier alpha value is -1.46. The van der Waals surface area contributed by atoms with E-state index >= 15 is 0 Å². The number of thiazole rings is 1. The number of anilines is 1. The fourth-order valence-electron chi connectivity index (χ4n) is 2.07. The predicted octanol–water partition coefficient (Wildman–Crippen LogP) is 1.99. The predicted molar refractivity (Wildman–Crippen MR) is 69.3 cm³/mol. The second kappa shape index (κ2) is 4.43. The first-order valence-corrected chi connectivity index (χ1v) is 6.58. The number of nitrogens with one attached hydrogen (secondary N) is 2. The van der Waals surface area contributed by atoms with Crippen molar-refractivity contribution >= 4 is 33.1 Å². The number of aromatic nitrogens is 1. The minimum absolute atomic E-state index is 0.0406. The molecule has 1 fully saturated rings. The molecule has 0 bridgehead atoms. The highest BCUT2D eigenvalue weighted by Gasteiger charge is 2.21. The van der Waals surface area contributed by atoms with Gasteiger partial charge in [0.15, 0.2) is 0 Å². The summed E-state index contributed by atoms with van der Waals surface area (Å²) in [4.78, 5) is 16.1. The molecule has 1 saturated heterocycles. The van der Waals surface area contributed by atoms with Gasteiger partial charge in [-0.15, -0.1) is 11.3 Å². The van der Waals surface area contributed by atoms with E-state index in [0.717, 1.165) is 35.3 Å². The summed E-state index contributed by atoms with van der Waals surface area (Å²) in [7, 11) is 0. The number of fused-ring (bicyclic) bond motifs is 1. The maximum Gasteiger partial charge on any atom is 0.241 e. The van der Waals surface area contributed by atoms with E-state index in [-0.39, 0.29) is 11.9 Å². The third-order valence-electron chi connectivity index (χ3n) is 2.97. The summed E-state index contributed by atoms with van der Waals surface area (Å²) in [6.45, 7) is 0.934. The molecule has 3 rings (SSSR count). The normalized spacial score (nSPS) is 19.6. The lowest BCUT2D eigenvalue weighted by molar-refractivity contribution is -0.117. The number of amides is 1. The maximum atomic E-state index is 11.9. The minimum atomic E-state index is -0.0406. The lowest BCUT2D eigenvalue weighted by Crippen LogP contribution is -2.35. The third kappa shape index (κ3) is 2.16. The van der Waals surface area contributed by atoms with Crippen molar-refractivity contribution in [1.82, 2.24) is 10.3 Å². The minimum Gasteiger partial charge on any atom is -0.325 e. The molecule has 2 aromatic rings. The Morgan fingerprint density at radius 2 is 2.47 bits per heavy atom. The Bertz CT molecular complexity index is 545. The van der Waals surface area contributed by atoms with E-state index in [2.05, 4.69) is 15.6 Å². The molecule has 0 aliphatic carbocycles. The van der Waals surface area contributed by atoms with E-state index in [1.54, 1.807) is 11.3 Å². The molecule has 0 spiro atoms. The van der Waals surface area contributed by atoms with Crippen LogP contribution >= 0.6 is 11.3 Å². The zero-order valence-corrected chi connectivity index (χ0v) is 10.1. The fraction of sp³-hybridized carbons (Fsp3) is 0.333. The first-order chi connectivity index (χ1) is 8.33. The molecule has 1 amide bonds. The highest BCUT2D eigenvalue weighted by molar-refractivity contribution is 7.16. The zero-order valence-electron chi connectivity index (χ0n) is 9.27. The van der Waals surface area contributed by atoms with Crippen molar-refractivity contribution in [3.05, 3.63) is 23.7 Å². The van der Waals surface area contributed by atoms with Gasteiger partial charge >= 0.3 is 0 Å². The summed E-state index contributed by atoms with van der Waals surface area (Å²) in [6, 6.07) is 5.79. The van der Waals surface area contributed by atoms with Crippen LogP contribution in [-0.4, -0.2) is 23.5 Å². The number of hydrogen-bond acceptors (Lipinski definition) is 4. The molecule has 0 saturated carbocycles. The first kappa shape index (κ1) is 10.7. The molecular weight excluding hydrogens is 234 g/mol. The standard InChI is InChI=1S/C12H13N3OS/c16-12(9-2-1-5-13-9)15-8-3-4-11-10(6-8)14-7-17-11/h3-4,6-7,9,13H,1-2,5H2,(H,15,16). The van der Waals surface area contributed by atoms with Crippen LogP contribution in [-0.2, 0) is 4.79 Å². The molecule has 1 atom stereocenters. The molecular formula is C12H13N3OS. The molecule has 1 aliphatic heterocycles. The molecule has 0 radical (unpaired) electrons. The fourth-order valence-corrected chi connectivity index (χ4v) is 2.73. The number of rotatable bonds is 2. The highest BCUT2D eigenvalue weighted by Crippen LogP contribution is 2.21. The van der Waals surface area contributed by atoms with Gasteiger partial charge in [0.2, 0.25) is 5.91 Å². The quantitative estimate of drug-likeness (QED) is 0.853. The summed E-state index contributed by atoms with van der Waals surface area (Å²) >= 11 is 1.60. The van der Waals surface area contributed by atoms with Crippen LogP contribution in [0.2, 0.25) is 0 Å². The largest absolute Gasteiger partial charge is 0.325 e. The summed E-state index contributed by atoms with van der Waals surface area (Å²) in [5.41, 5.74) is 3.57. The van der Waals surface area contributed by atoms with Gasteiger partial charge in [-0.3, -0.25) is 4.79 Å². The van der Waals surface area contributed by atoms with Gasteiger partial charge in [0.25, 0.3) is 0 Å². The van der Waals surface area contributed by atoms with E-state index in [1.165, 1.54) is 0 Å². The van der Waals surface area contributed by atoms with E-state index in [1.807, 2.05) is 23.7 Å². The molecule has 88 valence electrons.